The van der Waals surface area contributed by atoms with Crippen LogP contribution in [0.1, 0.15) is 59.3 Å². The number of carbonyl (C=O) groups is 2. The minimum Gasteiger partial charge on any atom is -0.356 e. The molecule has 1 atom stereocenters. The molecule has 5 nitrogen and oxygen atoms in total. The third-order valence-electron chi connectivity index (χ3n) is 3.17. The van der Waals surface area contributed by atoms with Crippen LogP contribution in [0.5, 0.6) is 0 Å². The average Bonchev–Trinajstić information content (AvgIpc) is 3.05. The predicted octanol–water partition coefficient (Wildman–Crippen LogP) is 1.32. The Morgan fingerprint density at radius 3 is 2.45 bits per heavy atom. The van der Waals surface area contributed by atoms with Crippen molar-refractivity contribution in [1.29, 1.82) is 0 Å². The lowest BCUT2D eigenvalue weighted by atomic mass is 9.87. The zero-order valence-corrected chi connectivity index (χ0v) is 13.0. The fourth-order valence-corrected chi connectivity index (χ4v) is 2.17. The summed E-state index contributed by atoms with van der Waals surface area (Å²) >= 11 is 0. The second-order valence-corrected chi connectivity index (χ2v) is 7.02. The SMILES string of the molecule is CC(C)(C)CC(N)CC(=O)NCCCC(=O)NC1CC1. The molecule has 0 aromatic heterocycles. The number of hydrogen-bond donors (Lipinski definition) is 3. The molecule has 0 bridgehead atoms. The van der Waals surface area contributed by atoms with Crippen LogP contribution < -0.4 is 16.4 Å². The summed E-state index contributed by atoms with van der Waals surface area (Å²) in [6.45, 7) is 6.88. The quantitative estimate of drug-likeness (QED) is 0.587. The van der Waals surface area contributed by atoms with Crippen molar-refractivity contribution >= 4 is 11.8 Å². The van der Waals surface area contributed by atoms with E-state index < -0.39 is 0 Å². The van der Waals surface area contributed by atoms with Gasteiger partial charge in [-0.2, -0.15) is 0 Å². The van der Waals surface area contributed by atoms with E-state index in [-0.39, 0.29) is 23.3 Å². The van der Waals surface area contributed by atoms with Crippen LogP contribution in [0.15, 0.2) is 0 Å². The Kier molecular flexibility index (Phi) is 6.46. The second kappa shape index (κ2) is 7.62. The second-order valence-electron chi connectivity index (χ2n) is 7.02. The maximum Gasteiger partial charge on any atom is 0.221 e. The van der Waals surface area contributed by atoms with Crippen molar-refractivity contribution in [2.75, 3.05) is 6.54 Å². The van der Waals surface area contributed by atoms with Gasteiger partial charge in [0.1, 0.15) is 0 Å². The lowest BCUT2D eigenvalue weighted by Crippen LogP contribution is -2.35. The Hall–Kier alpha value is -1.10. The number of rotatable bonds is 8. The standard InChI is InChI=1S/C15H29N3O2/c1-15(2,3)10-11(16)9-14(20)17-8-4-5-13(19)18-12-6-7-12/h11-12H,4-10,16H2,1-3H3,(H,17,20)(H,18,19). The van der Waals surface area contributed by atoms with Crippen LogP contribution in [0.4, 0.5) is 0 Å². The predicted molar refractivity (Wildman–Crippen MR) is 80.1 cm³/mol. The molecule has 4 N–H and O–H groups in total. The molecule has 1 aliphatic carbocycles. The van der Waals surface area contributed by atoms with Crippen molar-refractivity contribution in [2.24, 2.45) is 11.1 Å². The number of hydrogen-bond acceptors (Lipinski definition) is 3. The molecule has 116 valence electrons. The van der Waals surface area contributed by atoms with Gasteiger partial charge in [-0.3, -0.25) is 9.59 Å². The molecule has 0 aromatic rings. The third kappa shape index (κ3) is 8.91. The van der Waals surface area contributed by atoms with Gasteiger partial charge in [0.25, 0.3) is 0 Å². The van der Waals surface area contributed by atoms with Gasteiger partial charge in [-0.1, -0.05) is 20.8 Å². The minimum absolute atomic E-state index is 0.0237. The summed E-state index contributed by atoms with van der Waals surface area (Å²) < 4.78 is 0. The average molecular weight is 283 g/mol. The maximum atomic E-state index is 11.7. The van der Waals surface area contributed by atoms with Crippen LogP contribution in [0.3, 0.4) is 0 Å². The summed E-state index contributed by atoms with van der Waals surface area (Å²) in [5.41, 5.74) is 6.09. The van der Waals surface area contributed by atoms with Crippen molar-refractivity contribution < 1.29 is 9.59 Å². The smallest absolute Gasteiger partial charge is 0.221 e. The van der Waals surface area contributed by atoms with Crippen LogP contribution in [0, 0.1) is 5.41 Å². The Labute approximate surface area is 122 Å². The van der Waals surface area contributed by atoms with Crippen molar-refractivity contribution in [3.8, 4) is 0 Å². The molecule has 0 aliphatic heterocycles. The molecule has 1 saturated carbocycles. The van der Waals surface area contributed by atoms with E-state index in [0.29, 0.717) is 31.8 Å². The molecule has 20 heavy (non-hydrogen) atoms. The Morgan fingerprint density at radius 1 is 1.25 bits per heavy atom. The molecule has 1 rings (SSSR count). The van der Waals surface area contributed by atoms with Gasteiger partial charge in [0.15, 0.2) is 0 Å². The third-order valence-corrected chi connectivity index (χ3v) is 3.17. The Balaban J connectivity index is 2.02. The van der Waals surface area contributed by atoms with Gasteiger partial charge in [-0.25, -0.2) is 0 Å². The van der Waals surface area contributed by atoms with E-state index in [1.165, 1.54) is 0 Å². The van der Waals surface area contributed by atoms with Crippen LogP contribution in [-0.4, -0.2) is 30.4 Å². The summed E-state index contributed by atoms with van der Waals surface area (Å²) in [7, 11) is 0. The number of carbonyl (C=O) groups excluding carboxylic acids is 2. The zero-order chi connectivity index (χ0) is 15.2. The van der Waals surface area contributed by atoms with Crippen molar-refractivity contribution in [3.05, 3.63) is 0 Å². The van der Waals surface area contributed by atoms with Gasteiger partial charge in [0.05, 0.1) is 0 Å². The van der Waals surface area contributed by atoms with Crippen LogP contribution >= 0.6 is 0 Å². The van der Waals surface area contributed by atoms with Crippen molar-refractivity contribution in [2.45, 2.75) is 71.4 Å². The number of amides is 2. The summed E-state index contributed by atoms with van der Waals surface area (Å²) in [4.78, 5) is 23.1. The van der Waals surface area contributed by atoms with Crippen molar-refractivity contribution in [1.82, 2.24) is 10.6 Å². The van der Waals surface area contributed by atoms with Gasteiger partial charge in [-0.15, -0.1) is 0 Å². The van der Waals surface area contributed by atoms with Crippen LogP contribution in [0.2, 0.25) is 0 Å². The highest BCUT2D eigenvalue weighted by Crippen LogP contribution is 2.21. The Morgan fingerprint density at radius 2 is 1.90 bits per heavy atom. The molecular weight excluding hydrogens is 254 g/mol. The van der Waals surface area contributed by atoms with Crippen LogP contribution in [0.25, 0.3) is 0 Å². The number of nitrogens with two attached hydrogens (primary N) is 1. The minimum atomic E-state index is -0.104. The van der Waals surface area contributed by atoms with Gasteiger partial charge >= 0.3 is 0 Å². The van der Waals surface area contributed by atoms with E-state index in [9.17, 15) is 9.59 Å². The number of nitrogens with one attached hydrogen (secondary N) is 2. The molecule has 1 unspecified atom stereocenters. The molecule has 1 aliphatic rings. The van der Waals surface area contributed by atoms with Gasteiger partial charge < -0.3 is 16.4 Å². The topological polar surface area (TPSA) is 84.2 Å². The van der Waals surface area contributed by atoms with E-state index in [2.05, 4.69) is 31.4 Å². The molecule has 0 radical (unpaired) electrons. The molecule has 0 saturated heterocycles. The molecule has 0 aromatic carbocycles. The van der Waals surface area contributed by atoms with Gasteiger partial charge in [0.2, 0.25) is 11.8 Å². The van der Waals surface area contributed by atoms with E-state index in [1.807, 2.05) is 0 Å². The normalized spacial score (nSPS) is 16.6. The highest BCUT2D eigenvalue weighted by Gasteiger charge is 2.22. The van der Waals surface area contributed by atoms with Crippen LogP contribution in [-0.2, 0) is 9.59 Å². The summed E-state index contributed by atoms with van der Waals surface area (Å²) in [6.07, 6.45) is 4.54. The zero-order valence-electron chi connectivity index (χ0n) is 13.0. The fourth-order valence-electron chi connectivity index (χ4n) is 2.17. The molecule has 0 heterocycles. The summed E-state index contributed by atoms with van der Waals surface area (Å²) in [5, 5.41) is 5.75. The first-order chi connectivity index (χ1) is 9.26. The summed E-state index contributed by atoms with van der Waals surface area (Å²) in [6, 6.07) is 0.306. The molecular formula is C15H29N3O2. The lowest BCUT2D eigenvalue weighted by molar-refractivity contribution is -0.123. The summed E-state index contributed by atoms with van der Waals surface area (Å²) in [5.74, 6) is 0.0653. The highest BCUT2D eigenvalue weighted by molar-refractivity contribution is 5.77. The molecule has 5 heteroatoms. The molecule has 0 spiro atoms. The largest absolute Gasteiger partial charge is 0.356 e. The lowest BCUT2D eigenvalue weighted by Gasteiger charge is -2.22. The Bertz CT molecular complexity index is 333. The van der Waals surface area contributed by atoms with Crippen molar-refractivity contribution in [3.63, 3.8) is 0 Å². The first-order valence-corrected chi connectivity index (χ1v) is 7.58. The molecule has 2 amide bonds. The van der Waals surface area contributed by atoms with E-state index in [0.717, 1.165) is 19.3 Å². The fraction of sp³-hybridized carbons (Fsp3) is 0.867. The highest BCUT2D eigenvalue weighted by atomic mass is 16.2. The first kappa shape index (κ1) is 17.0. The van der Waals surface area contributed by atoms with E-state index in [1.54, 1.807) is 0 Å². The maximum absolute atomic E-state index is 11.7. The van der Waals surface area contributed by atoms with Gasteiger partial charge in [-0.05, 0) is 31.1 Å². The first-order valence-electron chi connectivity index (χ1n) is 7.58. The monoisotopic (exact) mass is 283 g/mol. The van der Waals surface area contributed by atoms with E-state index >= 15 is 0 Å². The van der Waals surface area contributed by atoms with Gasteiger partial charge in [0, 0.05) is 31.5 Å². The molecule has 1 fully saturated rings. The van der Waals surface area contributed by atoms with E-state index in [4.69, 9.17) is 5.73 Å².